The lowest BCUT2D eigenvalue weighted by atomic mass is 9.79. The van der Waals surface area contributed by atoms with Gasteiger partial charge in [-0.3, -0.25) is 4.79 Å². The van der Waals surface area contributed by atoms with Crippen molar-refractivity contribution < 1.29 is 4.79 Å². The van der Waals surface area contributed by atoms with Crippen LogP contribution in [0.4, 0.5) is 0 Å². The number of hydrogen-bond acceptors (Lipinski definition) is 4. The minimum Gasteiger partial charge on any atom is -0.337 e. The molecule has 0 bridgehead atoms. The van der Waals surface area contributed by atoms with E-state index in [9.17, 15) is 4.79 Å². The monoisotopic (exact) mass is 411 g/mol. The van der Waals surface area contributed by atoms with Crippen LogP contribution in [0, 0.1) is 5.41 Å². The predicted octanol–water partition coefficient (Wildman–Crippen LogP) is 3.49. The first-order chi connectivity index (χ1) is 12.3. The third-order valence-corrected chi connectivity index (χ3v) is 5.34. The summed E-state index contributed by atoms with van der Waals surface area (Å²) >= 11 is 6.11. The molecule has 1 fully saturated rings. The van der Waals surface area contributed by atoms with Gasteiger partial charge < -0.3 is 10.6 Å². The van der Waals surface area contributed by atoms with Crippen LogP contribution in [0.5, 0.6) is 0 Å². The van der Waals surface area contributed by atoms with Crippen LogP contribution in [-0.4, -0.2) is 44.9 Å². The molecule has 2 N–H and O–H groups in total. The molecule has 6 nitrogen and oxygen atoms in total. The van der Waals surface area contributed by atoms with Crippen molar-refractivity contribution in [3.8, 4) is 5.69 Å². The van der Waals surface area contributed by atoms with E-state index in [1.165, 1.54) is 0 Å². The SMILES string of the molecule is CCCc1c(C(=O)N2CCC(N)C(C)(C)C2)nnn1-c1cccc(Cl)c1.Cl. The number of halogens is 2. The van der Waals surface area contributed by atoms with Crippen LogP contribution in [0.2, 0.25) is 5.02 Å². The Kier molecular flexibility index (Phi) is 6.89. The normalized spacial score (nSPS) is 18.9. The molecule has 1 aromatic heterocycles. The van der Waals surface area contributed by atoms with Crippen LogP contribution in [0.1, 0.15) is 49.8 Å². The lowest BCUT2D eigenvalue weighted by molar-refractivity contribution is 0.0526. The molecule has 1 amide bonds. The third kappa shape index (κ3) is 4.45. The summed E-state index contributed by atoms with van der Waals surface area (Å²) in [6.45, 7) is 7.56. The van der Waals surface area contributed by atoms with Gasteiger partial charge in [-0.15, -0.1) is 17.5 Å². The summed E-state index contributed by atoms with van der Waals surface area (Å²) in [7, 11) is 0. The number of rotatable bonds is 4. The van der Waals surface area contributed by atoms with Crippen molar-refractivity contribution in [1.29, 1.82) is 0 Å². The average molecular weight is 412 g/mol. The lowest BCUT2D eigenvalue weighted by Crippen LogP contribution is -2.54. The molecule has 1 aliphatic rings. The molecule has 2 heterocycles. The van der Waals surface area contributed by atoms with Gasteiger partial charge in [-0.25, -0.2) is 4.68 Å². The summed E-state index contributed by atoms with van der Waals surface area (Å²) in [4.78, 5) is 15.0. The Hall–Kier alpha value is -1.63. The van der Waals surface area contributed by atoms with Gasteiger partial charge in [0.05, 0.1) is 11.4 Å². The molecule has 0 saturated carbocycles. The molecule has 1 atom stereocenters. The first-order valence-electron chi connectivity index (χ1n) is 9.09. The number of benzene rings is 1. The fourth-order valence-electron chi connectivity index (χ4n) is 3.44. The van der Waals surface area contributed by atoms with Gasteiger partial charge in [0, 0.05) is 24.2 Å². The van der Waals surface area contributed by atoms with Gasteiger partial charge in [-0.2, -0.15) is 0 Å². The second-order valence-electron chi connectivity index (χ2n) is 7.64. The molecule has 3 rings (SSSR count). The molecule has 1 aromatic carbocycles. The molecule has 2 aromatic rings. The van der Waals surface area contributed by atoms with E-state index in [1.54, 1.807) is 4.68 Å². The summed E-state index contributed by atoms with van der Waals surface area (Å²) in [5.41, 5.74) is 8.16. The fraction of sp³-hybridized carbons (Fsp3) is 0.526. The Balaban J connectivity index is 0.00000261. The topological polar surface area (TPSA) is 77.0 Å². The fourth-order valence-corrected chi connectivity index (χ4v) is 3.63. The van der Waals surface area contributed by atoms with Crippen LogP contribution in [0.25, 0.3) is 5.69 Å². The van der Waals surface area contributed by atoms with Crippen molar-refractivity contribution in [3.05, 3.63) is 40.7 Å². The van der Waals surface area contributed by atoms with E-state index in [2.05, 4.69) is 31.1 Å². The second-order valence-corrected chi connectivity index (χ2v) is 8.07. The number of carbonyl (C=O) groups is 1. The highest BCUT2D eigenvalue weighted by molar-refractivity contribution is 6.30. The Bertz CT molecular complexity index is 805. The maximum Gasteiger partial charge on any atom is 0.276 e. The summed E-state index contributed by atoms with van der Waals surface area (Å²) in [6.07, 6.45) is 2.41. The second kappa shape index (κ2) is 8.59. The largest absolute Gasteiger partial charge is 0.337 e. The van der Waals surface area contributed by atoms with E-state index in [1.807, 2.05) is 29.2 Å². The zero-order valence-electron chi connectivity index (χ0n) is 16.0. The van der Waals surface area contributed by atoms with Gasteiger partial charge in [0.15, 0.2) is 5.69 Å². The van der Waals surface area contributed by atoms with Crippen molar-refractivity contribution in [3.63, 3.8) is 0 Å². The molecule has 0 aliphatic carbocycles. The van der Waals surface area contributed by atoms with Crippen molar-refractivity contribution >= 4 is 29.9 Å². The zero-order valence-corrected chi connectivity index (χ0v) is 17.6. The molecule has 27 heavy (non-hydrogen) atoms. The maximum absolute atomic E-state index is 13.1. The zero-order chi connectivity index (χ0) is 18.9. The third-order valence-electron chi connectivity index (χ3n) is 5.10. The number of nitrogens with two attached hydrogens (primary N) is 1. The van der Waals surface area contributed by atoms with Gasteiger partial charge in [0.1, 0.15) is 0 Å². The van der Waals surface area contributed by atoms with Crippen molar-refractivity contribution in [2.24, 2.45) is 11.1 Å². The summed E-state index contributed by atoms with van der Waals surface area (Å²) in [5.74, 6) is -0.0679. The first-order valence-corrected chi connectivity index (χ1v) is 9.46. The minimum absolute atomic E-state index is 0. The van der Waals surface area contributed by atoms with E-state index in [0.29, 0.717) is 23.8 Å². The smallest absolute Gasteiger partial charge is 0.276 e. The van der Waals surface area contributed by atoms with Crippen LogP contribution >= 0.6 is 24.0 Å². The van der Waals surface area contributed by atoms with E-state index in [0.717, 1.165) is 30.6 Å². The van der Waals surface area contributed by atoms with Crippen LogP contribution < -0.4 is 5.73 Å². The molecule has 1 unspecified atom stereocenters. The van der Waals surface area contributed by atoms with Crippen LogP contribution in [0.3, 0.4) is 0 Å². The van der Waals surface area contributed by atoms with Crippen LogP contribution in [-0.2, 0) is 6.42 Å². The number of piperidine rings is 1. The van der Waals surface area contributed by atoms with Crippen molar-refractivity contribution in [1.82, 2.24) is 19.9 Å². The Labute approximate surface area is 171 Å². The Morgan fingerprint density at radius 2 is 2.15 bits per heavy atom. The molecule has 1 saturated heterocycles. The molecular weight excluding hydrogens is 385 g/mol. The molecule has 1 aliphatic heterocycles. The minimum atomic E-state index is -0.109. The van der Waals surface area contributed by atoms with Crippen LogP contribution in [0.15, 0.2) is 24.3 Å². The molecule has 8 heteroatoms. The number of hydrogen-bond donors (Lipinski definition) is 1. The Morgan fingerprint density at radius 1 is 1.41 bits per heavy atom. The lowest BCUT2D eigenvalue weighted by Gasteiger charge is -2.42. The number of amides is 1. The van der Waals surface area contributed by atoms with E-state index >= 15 is 0 Å². The highest BCUT2D eigenvalue weighted by atomic mass is 35.5. The summed E-state index contributed by atoms with van der Waals surface area (Å²) < 4.78 is 1.73. The predicted molar refractivity (Wildman–Crippen MR) is 110 cm³/mol. The highest BCUT2D eigenvalue weighted by Crippen LogP contribution is 2.29. The van der Waals surface area contributed by atoms with E-state index in [-0.39, 0.29) is 29.8 Å². The highest BCUT2D eigenvalue weighted by Gasteiger charge is 2.37. The summed E-state index contributed by atoms with van der Waals surface area (Å²) in [6, 6.07) is 7.52. The van der Waals surface area contributed by atoms with Gasteiger partial charge in [-0.05, 0) is 36.5 Å². The summed E-state index contributed by atoms with van der Waals surface area (Å²) in [5, 5.41) is 9.10. The molecular formula is C19H27Cl2N5O. The standard InChI is InChI=1S/C19H26ClN5O.ClH/c1-4-6-15-17(18(26)24-10-9-16(21)19(2,3)12-24)22-23-25(15)14-8-5-7-13(20)11-14;/h5,7-8,11,16H,4,6,9-10,12,21H2,1-3H3;1H. The van der Waals surface area contributed by atoms with E-state index in [4.69, 9.17) is 17.3 Å². The maximum atomic E-state index is 13.1. The number of nitrogens with zero attached hydrogens (tertiary/aromatic N) is 4. The number of aromatic nitrogens is 3. The number of carbonyl (C=O) groups excluding carboxylic acids is 1. The molecule has 0 spiro atoms. The van der Waals surface area contributed by atoms with Gasteiger partial charge in [0.2, 0.25) is 0 Å². The van der Waals surface area contributed by atoms with Crippen molar-refractivity contribution in [2.45, 2.75) is 46.1 Å². The van der Waals surface area contributed by atoms with Gasteiger partial charge in [0.25, 0.3) is 5.91 Å². The van der Waals surface area contributed by atoms with Crippen molar-refractivity contribution in [2.75, 3.05) is 13.1 Å². The molecule has 0 radical (unpaired) electrons. The Morgan fingerprint density at radius 3 is 2.78 bits per heavy atom. The first kappa shape index (κ1) is 21.7. The quantitative estimate of drug-likeness (QED) is 0.834. The molecule has 148 valence electrons. The number of likely N-dealkylation sites (tertiary alicyclic amines) is 1. The average Bonchev–Trinajstić information content (AvgIpc) is 3.00. The van der Waals surface area contributed by atoms with Gasteiger partial charge in [-0.1, -0.05) is 50.1 Å². The van der Waals surface area contributed by atoms with E-state index < -0.39 is 0 Å². The van der Waals surface area contributed by atoms with Gasteiger partial charge >= 0.3 is 0 Å².